The number of hydrogen-bond donors (Lipinski definition) is 1. The summed E-state index contributed by atoms with van der Waals surface area (Å²) in [5, 5.41) is 3.61. The SMILES string of the molecule is Cn1c(C2(C)CCCCN2)nc2cnccc21. The van der Waals surface area contributed by atoms with E-state index in [1.54, 1.807) is 0 Å². The molecule has 1 aliphatic rings. The van der Waals surface area contributed by atoms with Crippen molar-refractivity contribution in [1.29, 1.82) is 0 Å². The summed E-state index contributed by atoms with van der Waals surface area (Å²) in [5.41, 5.74) is 2.15. The molecule has 0 spiro atoms. The van der Waals surface area contributed by atoms with Crippen LogP contribution in [0.25, 0.3) is 11.0 Å². The fourth-order valence-corrected chi connectivity index (χ4v) is 2.79. The Labute approximate surface area is 101 Å². The highest BCUT2D eigenvalue weighted by Gasteiger charge is 2.32. The molecule has 0 aliphatic carbocycles. The van der Waals surface area contributed by atoms with Crippen molar-refractivity contribution >= 4 is 11.0 Å². The van der Waals surface area contributed by atoms with Crippen molar-refractivity contribution < 1.29 is 0 Å². The molecule has 1 N–H and O–H groups in total. The van der Waals surface area contributed by atoms with Gasteiger partial charge in [0, 0.05) is 13.2 Å². The van der Waals surface area contributed by atoms with Crippen molar-refractivity contribution in [3.8, 4) is 0 Å². The predicted molar refractivity (Wildman–Crippen MR) is 67.7 cm³/mol. The van der Waals surface area contributed by atoms with Crippen LogP contribution in [0, 0.1) is 0 Å². The summed E-state index contributed by atoms with van der Waals surface area (Å²) >= 11 is 0. The Bertz CT molecular complexity index is 537. The van der Waals surface area contributed by atoms with E-state index in [0.717, 1.165) is 29.8 Å². The van der Waals surface area contributed by atoms with Crippen LogP contribution in [0.2, 0.25) is 0 Å². The molecular weight excluding hydrogens is 212 g/mol. The predicted octanol–water partition coefficient (Wildman–Crippen LogP) is 1.96. The molecular formula is C13H18N4. The number of imidazole rings is 1. The standard InChI is InChI=1S/C13H18N4/c1-13(6-3-4-7-15-13)12-16-10-9-14-8-5-11(10)17(12)2/h5,8-9,15H,3-4,6-7H2,1-2H3. The first-order valence-electron chi connectivity index (χ1n) is 6.23. The zero-order valence-corrected chi connectivity index (χ0v) is 10.4. The summed E-state index contributed by atoms with van der Waals surface area (Å²) in [6, 6.07) is 2.03. The normalized spacial score (nSPS) is 25.3. The first-order chi connectivity index (χ1) is 8.21. The van der Waals surface area contributed by atoms with Crippen LogP contribution in [-0.4, -0.2) is 21.1 Å². The highest BCUT2D eigenvalue weighted by Crippen LogP contribution is 2.30. The Morgan fingerprint density at radius 2 is 2.29 bits per heavy atom. The van der Waals surface area contributed by atoms with Crippen LogP contribution < -0.4 is 5.32 Å². The molecule has 3 heterocycles. The van der Waals surface area contributed by atoms with E-state index in [9.17, 15) is 0 Å². The number of piperidine rings is 1. The van der Waals surface area contributed by atoms with Crippen molar-refractivity contribution in [3.63, 3.8) is 0 Å². The fourth-order valence-electron chi connectivity index (χ4n) is 2.79. The lowest BCUT2D eigenvalue weighted by Crippen LogP contribution is -2.45. The Hall–Kier alpha value is -1.42. The zero-order valence-electron chi connectivity index (χ0n) is 10.4. The van der Waals surface area contributed by atoms with Gasteiger partial charge in [-0.05, 0) is 38.8 Å². The molecule has 0 bridgehead atoms. The second-order valence-electron chi connectivity index (χ2n) is 5.07. The molecule has 1 atom stereocenters. The molecule has 1 saturated heterocycles. The van der Waals surface area contributed by atoms with E-state index in [0.29, 0.717) is 0 Å². The second kappa shape index (κ2) is 3.81. The third kappa shape index (κ3) is 1.63. The lowest BCUT2D eigenvalue weighted by Gasteiger charge is -2.34. The van der Waals surface area contributed by atoms with Gasteiger partial charge in [-0.2, -0.15) is 0 Å². The van der Waals surface area contributed by atoms with Gasteiger partial charge in [0.1, 0.15) is 11.3 Å². The number of pyridine rings is 1. The Morgan fingerprint density at radius 3 is 3.00 bits per heavy atom. The molecule has 0 aromatic carbocycles. The van der Waals surface area contributed by atoms with Crippen molar-refractivity contribution in [2.24, 2.45) is 7.05 Å². The van der Waals surface area contributed by atoms with Crippen LogP contribution in [0.4, 0.5) is 0 Å². The average molecular weight is 230 g/mol. The number of nitrogens with zero attached hydrogens (tertiary/aromatic N) is 3. The molecule has 2 aromatic rings. The molecule has 1 fully saturated rings. The van der Waals surface area contributed by atoms with Crippen LogP contribution in [0.15, 0.2) is 18.5 Å². The van der Waals surface area contributed by atoms with Gasteiger partial charge in [0.05, 0.1) is 17.3 Å². The summed E-state index contributed by atoms with van der Waals surface area (Å²) in [6.45, 7) is 3.33. The number of fused-ring (bicyclic) bond motifs is 1. The monoisotopic (exact) mass is 230 g/mol. The van der Waals surface area contributed by atoms with E-state index in [-0.39, 0.29) is 5.54 Å². The van der Waals surface area contributed by atoms with E-state index in [1.807, 2.05) is 18.5 Å². The number of aryl methyl sites for hydroxylation is 1. The number of hydrogen-bond acceptors (Lipinski definition) is 3. The molecule has 2 aromatic heterocycles. The van der Waals surface area contributed by atoms with Gasteiger partial charge in [0.15, 0.2) is 0 Å². The van der Waals surface area contributed by atoms with E-state index in [1.165, 1.54) is 12.8 Å². The van der Waals surface area contributed by atoms with E-state index in [4.69, 9.17) is 4.98 Å². The van der Waals surface area contributed by atoms with Crippen molar-refractivity contribution in [1.82, 2.24) is 19.9 Å². The summed E-state index contributed by atoms with van der Waals surface area (Å²) in [6.07, 6.45) is 7.35. The Balaban J connectivity index is 2.13. The molecule has 0 amide bonds. The third-order valence-corrected chi connectivity index (χ3v) is 3.80. The molecule has 90 valence electrons. The third-order valence-electron chi connectivity index (χ3n) is 3.80. The number of nitrogens with one attached hydrogen (secondary N) is 1. The van der Waals surface area contributed by atoms with E-state index in [2.05, 4.69) is 28.8 Å². The van der Waals surface area contributed by atoms with Gasteiger partial charge in [-0.1, -0.05) is 0 Å². The molecule has 1 aliphatic heterocycles. The Morgan fingerprint density at radius 1 is 1.41 bits per heavy atom. The van der Waals surface area contributed by atoms with Gasteiger partial charge in [-0.3, -0.25) is 4.98 Å². The minimum absolute atomic E-state index is 0.00597. The maximum absolute atomic E-state index is 4.75. The summed E-state index contributed by atoms with van der Waals surface area (Å²) < 4.78 is 2.19. The minimum atomic E-state index is 0.00597. The fraction of sp³-hybridized carbons (Fsp3) is 0.538. The number of rotatable bonds is 1. The molecule has 0 saturated carbocycles. The maximum atomic E-state index is 4.75. The van der Waals surface area contributed by atoms with Gasteiger partial charge < -0.3 is 9.88 Å². The quantitative estimate of drug-likeness (QED) is 0.814. The van der Waals surface area contributed by atoms with Crippen LogP contribution in [0.3, 0.4) is 0 Å². The lowest BCUT2D eigenvalue weighted by molar-refractivity contribution is 0.264. The van der Waals surface area contributed by atoms with Crippen molar-refractivity contribution in [3.05, 3.63) is 24.3 Å². The molecule has 17 heavy (non-hydrogen) atoms. The number of aromatic nitrogens is 3. The topological polar surface area (TPSA) is 42.7 Å². The summed E-state index contributed by atoms with van der Waals surface area (Å²) in [7, 11) is 2.09. The van der Waals surface area contributed by atoms with Crippen LogP contribution in [-0.2, 0) is 12.6 Å². The highest BCUT2D eigenvalue weighted by atomic mass is 15.1. The van der Waals surface area contributed by atoms with Crippen LogP contribution >= 0.6 is 0 Å². The summed E-state index contributed by atoms with van der Waals surface area (Å²) in [4.78, 5) is 8.88. The molecule has 1 unspecified atom stereocenters. The van der Waals surface area contributed by atoms with Gasteiger partial charge in [0.2, 0.25) is 0 Å². The van der Waals surface area contributed by atoms with Gasteiger partial charge >= 0.3 is 0 Å². The molecule has 4 nitrogen and oxygen atoms in total. The van der Waals surface area contributed by atoms with Gasteiger partial charge in [0.25, 0.3) is 0 Å². The smallest absolute Gasteiger partial charge is 0.129 e. The zero-order chi connectivity index (χ0) is 11.9. The average Bonchev–Trinajstić information content (AvgIpc) is 2.69. The second-order valence-corrected chi connectivity index (χ2v) is 5.07. The Kier molecular flexibility index (Phi) is 2.40. The largest absolute Gasteiger partial charge is 0.329 e. The van der Waals surface area contributed by atoms with Gasteiger partial charge in [-0.15, -0.1) is 0 Å². The van der Waals surface area contributed by atoms with Crippen LogP contribution in [0.1, 0.15) is 32.0 Å². The summed E-state index contributed by atoms with van der Waals surface area (Å²) in [5.74, 6) is 1.13. The van der Waals surface area contributed by atoms with Crippen molar-refractivity contribution in [2.45, 2.75) is 31.7 Å². The highest BCUT2D eigenvalue weighted by molar-refractivity contribution is 5.74. The molecule has 3 rings (SSSR count). The molecule has 4 heteroatoms. The van der Waals surface area contributed by atoms with Crippen molar-refractivity contribution in [2.75, 3.05) is 6.54 Å². The van der Waals surface area contributed by atoms with E-state index >= 15 is 0 Å². The van der Waals surface area contributed by atoms with Crippen LogP contribution in [0.5, 0.6) is 0 Å². The molecule has 0 radical (unpaired) electrons. The minimum Gasteiger partial charge on any atom is -0.329 e. The first kappa shape index (κ1) is 10.7. The van der Waals surface area contributed by atoms with Gasteiger partial charge in [-0.25, -0.2) is 4.98 Å². The maximum Gasteiger partial charge on any atom is 0.129 e. The first-order valence-corrected chi connectivity index (χ1v) is 6.23. The lowest BCUT2D eigenvalue weighted by atomic mass is 9.90. The van der Waals surface area contributed by atoms with E-state index < -0.39 is 0 Å².